The molecule has 0 saturated heterocycles. The van der Waals surface area contributed by atoms with Crippen LogP contribution >= 0.6 is 11.3 Å². The van der Waals surface area contributed by atoms with Crippen molar-refractivity contribution >= 4 is 27.3 Å². The van der Waals surface area contributed by atoms with Gasteiger partial charge in [0, 0.05) is 21.8 Å². The van der Waals surface area contributed by atoms with Gasteiger partial charge in [-0.1, -0.05) is 0 Å². The molecule has 0 atom stereocenters. The Bertz CT molecular complexity index is 1070. The predicted molar refractivity (Wildman–Crippen MR) is 99.2 cm³/mol. The molecule has 0 radical (unpaired) electrons. The van der Waals surface area contributed by atoms with Crippen molar-refractivity contribution < 1.29 is 22.7 Å². The van der Waals surface area contributed by atoms with Crippen LogP contribution in [0, 0.1) is 13.8 Å². The standard InChI is InChI=1S/C19H18F3N3O2S/c1-10-6-13(11(2)25(10)8-19(20,21)22)14(26)7-27-17-16-12-4-3-5-15(12)28-18(16)24-9-23-17/h6,9H,3-5,7-8H2,1-2H3. The molecule has 0 aliphatic heterocycles. The van der Waals surface area contributed by atoms with Gasteiger partial charge in [0.05, 0.1) is 5.39 Å². The van der Waals surface area contributed by atoms with Crippen molar-refractivity contribution in [3.8, 4) is 5.88 Å². The lowest BCUT2D eigenvalue weighted by Crippen LogP contribution is -2.20. The van der Waals surface area contributed by atoms with E-state index in [1.807, 2.05) is 0 Å². The van der Waals surface area contributed by atoms with E-state index in [-0.39, 0.29) is 23.6 Å². The van der Waals surface area contributed by atoms with E-state index in [0.717, 1.165) is 34.0 Å². The first kappa shape index (κ1) is 18.9. The number of fused-ring (bicyclic) bond motifs is 3. The number of alkyl halides is 3. The maximum absolute atomic E-state index is 12.8. The van der Waals surface area contributed by atoms with E-state index in [1.54, 1.807) is 18.3 Å². The molecule has 0 aromatic carbocycles. The molecule has 1 aliphatic rings. The zero-order valence-electron chi connectivity index (χ0n) is 15.4. The van der Waals surface area contributed by atoms with E-state index in [2.05, 4.69) is 9.97 Å². The summed E-state index contributed by atoms with van der Waals surface area (Å²) in [7, 11) is 0. The Labute approximate surface area is 163 Å². The van der Waals surface area contributed by atoms with Crippen molar-refractivity contribution in [3.05, 3.63) is 39.8 Å². The van der Waals surface area contributed by atoms with E-state index in [1.165, 1.54) is 29.8 Å². The smallest absolute Gasteiger partial charge is 0.406 e. The van der Waals surface area contributed by atoms with Gasteiger partial charge in [-0.3, -0.25) is 4.79 Å². The lowest BCUT2D eigenvalue weighted by molar-refractivity contribution is -0.141. The maximum Gasteiger partial charge on any atom is 0.406 e. The van der Waals surface area contributed by atoms with Crippen LogP contribution in [0.3, 0.4) is 0 Å². The second-order valence-corrected chi connectivity index (χ2v) is 8.00. The van der Waals surface area contributed by atoms with Crippen LogP contribution in [0.4, 0.5) is 13.2 Å². The number of ketones is 1. The van der Waals surface area contributed by atoms with Crippen LogP contribution in [-0.4, -0.2) is 33.1 Å². The van der Waals surface area contributed by atoms with Gasteiger partial charge in [-0.25, -0.2) is 9.97 Å². The molecule has 0 saturated carbocycles. The van der Waals surface area contributed by atoms with Gasteiger partial charge < -0.3 is 9.30 Å². The van der Waals surface area contributed by atoms with Crippen molar-refractivity contribution in [2.24, 2.45) is 0 Å². The van der Waals surface area contributed by atoms with E-state index in [9.17, 15) is 18.0 Å². The average Bonchev–Trinajstić information content (AvgIpc) is 3.27. The Kier molecular flexibility index (Phi) is 4.65. The number of hydrogen-bond acceptors (Lipinski definition) is 5. The van der Waals surface area contributed by atoms with Crippen molar-refractivity contribution in [1.29, 1.82) is 0 Å². The quantitative estimate of drug-likeness (QED) is 0.586. The number of rotatable bonds is 5. The van der Waals surface area contributed by atoms with Crippen molar-refractivity contribution in [2.75, 3.05) is 6.61 Å². The Morgan fingerprint density at radius 3 is 2.82 bits per heavy atom. The fraction of sp³-hybridized carbons (Fsp3) is 0.421. The molecule has 5 nitrogen and oxygen atoms in total. The lowest BCUT2D eigenvalue weighted by Gasteiger charge is -2.12. The molecule has 0 fully saturated rings. The van der Waals surface area contributed by atoms with Crippen LogP contribution in [0.2, 0.25) is 0 Å². The van der Waals surface area contributed by atoms with E-state index >= 15 is 0 Å². The number of nitrogens with zero attached hydrogens (tertiary/aromatic N) is 3. The van der Waals surface area contributed by atoms with Gasteiger partial charge >= 0.3 is 6.18 Å². The molecule has 4 rings (SSSR count). The van der Waals surface area contributed by atoms with Crippen LogP contribution in [0.1, 0.15) is 38.6 Å². The molecule has 0 spiro atoms. The number of thiophene rings is 1. The number of hydrogen-bond donors (Lipinski definition) is 0. The fourth-order valence-electron chi connectivity index (χ4n) is 3.73. The highest BCUT2D eigenvalue weighted by Gasteiger charge is 2.30. The first-order valence-corrected chi connectivity index (χ1v) is 9.71. The van der Waals surface area contributed by atoms with Gasteiger partial charge in [-0.05, 0) is 44.7 Å². The summed E-state index contributed by atoms with van der Waals surface area (Å²) >= 11 is 1.62. The molecule has 3 heterocycles. The number of carbonyl (C=O) groups excluding carboxylic acids is 1. The van der Waals surface area contributed by atoms with Gasteiger partial charge in [0.2, 0.25) is 11.7 Å². The summed E-state index contributed by atoms with van der Waals surface area (Å²) in [6.07, 6.45) is 0.0847. The van der Waals surface area contributed by atoms with Crippen molar-refractivity contribution in [3.63, 3.8) is 0 Å². The highest BCUT2D eigenvalue weighted by Crippen LogP contribution is 2.39. The molecular weight excluding hydrogens is 391 g/mol. The topological polar surface area (TPSA) is 57.0 Å². The van der Waals surface area contributed by atoms with Crippen LogP contribution in [0.5, 0.6) is 5.88 Å². The Hall–Kier alpha value is -2.42. The SMILES string of the molecule is Cc1cc(C(=O)COc2ncnc3sc4c(c23)CCC4)c(C)n1CC(F)(F)F. The number of Topliss-reactive ketones (excluding diaryl/α,β-unsaturated/α-hetero) is 1. The van der Waals surface area contributed by atoms with E-state index in [0.29, 0.717) is 11.6 Å². The highest BCUT2D eigenvalue weighted by atomic mass is 32.1. The minimum atomic E-state index is -4.35. The summed E-state index contributed by atoms with van der Waals surface area (Å²) in [5.74, 6) is -0.0120. The molecule has 148 valence electrons. The van der Waals surface area contributed by atoms with Gasteiger partial charge in [0.1, 0.15) is 17.7 Å². The summed E-state index contributed by atoms with van der Waals surface area (Å²) in [4.78, 5) is 23.2. The van der Waals surface area contributed by atoms with Crippen LogP contribution < -0.4 is 4.74 Å². The zero-order valence-corrected chi connectivity index (χ0v) is 16.2. The van der Waals surface area contributed by atoms with Gasteiger partial charge in [-0.15, -0.1) is 11.3 Å². The number of ether oxygens (including phenoxy) is 1. The third kappa shape index (κ3) is 3.39. The van der Waals surface area contributed by atoms with Crippen molar-refractivity contribution in [2.45, 2.75) is 45.8 Å². The fourth-order valence-corrected chi connectivity index (χ4v) is 4.95. The lowest BCUT2D eigenvalue weighted by atomic mass is 10.1. The second-order valence-electron chi connectivity index (χ2n) is 6.91. The third-order valence-corrected chi connectivity index (χ3v) is 6.22. The minimum Gasteiger partial charge on any atom is -0.469 e. The van der Waals surface area contributed by atoms with Gasteiger partial charge in [-0.2, -0.15) is 13.2 Å². The van der Waals surface area contributed by atoms with Crippen LogP contribution in [0.15, 0.2) is 12.4 Å². The molecule has 3 aromatic rings. The molecule has 28 heavy (non-hydrogen) atoms. The number of carbonyl (C=O) groups is 1. The summed E-state index contributed by atoms with van der Waals surface area (Å²) in [5, 5.41) is 0.857. The third-order valence-electron chi connectivity index (χ3n) is 5.02. The van der Waals surface area contributed by atoms with Crippen molar-refractivity contribution in [1.82, 2.24) is 14.5 Å². The van der Waals surface area contributed by atoms with E-state index < -0.39 is 12.7 Å². The molecule has 0 bridgehead atoms. The molecular formula is C19H18F3N3O2S. The normalized spacial score (nSPS) is 13.9. The summed E-state index contributed by atoms with van der Waals surface area (Å²) in [6, 6.07) is 1.48. The maximum atomic E-state index is 12.8. The average molecular weight is 409 g/mol. The largest absolute Gasteiger partial charge is 0.469 e. The second kappa shape index (κ2) is 6.88. The monoisotopic (exact) mass is 409 g/mol. The minimum absolute atomic E-state index is 0.239. The van der Waals surface area contributed by atoms with Crippen LogP contribution in [0.25, 0.3) is 10.2 Å². The number of halogens is 3. The molecule has 1 aliphatic carbocycles. The zero-order chi connectivity index (χ0) is 20.1. The Morgan fingerprint density at radius 1 is 1.29 bits per heavy atom. The highest BCUT2D eigenvalue weighted by molar-refractivity contribution is 7.18. The van der Waals surface area contributed by atoms with Crippen LogP contribution in [-0.2, 0) is 19.4 Å². The first-order chi connectivity index (χ1) is 13.2. The number of aromatic nitrogens is 3. The van der Waals surface area contributed by atoms with Gasteiger partial charge in [0.25, 0.3) is 0 Å². The first-order valence-electron chi connectivity index (χ1n) is 8.89. The van der Waals surface area contributed by atoms with Gasteiger partial charge in [0.15, 0.2) is 6.61 Å². The summed E-state index contributed by atoms with van der Waals surface area (Å²) < 4.78 is 45.1. The summed E-state index contributed by atoms with van der Waals surface area (Å²) in [5.41, 5.74) is 2.10. The molecule has 3 aromatic heterocycles. The summed E-state index contributed by atoms with van der Waals surface area (Å²) in [6.45, 7) is 1.67. The Morgan fingerprint density at radius 2 is 2.07 bits per heavy atom. The molecule has 0 unspecified atom stereocenters. The Balaban J connectivity index is 1.56. The molecule has 9 heteroatoms. The molecule has 0 N–H and O–H groups in total. The molecule has 0 amide bonds. The van der Waals surface area contributed by atoms with E-state index in [4.69, 9.17) is 4.74 Å². The predicted octanol–water partition coefficient (Wildman–Crippen LogP) is 4.42. The number of aryl methyl sites for hydroxylation is 3.